The summed E-state index contributed by atoms with van der Waals surface area (Å²) in [5, 5.41) is 8.31. The molecule has 0 amide bonds. The molecule has 0 aliphatic rings. The molecule has 0 saturated heterocycles. The van der Waals surface area contributed by atoms with E-state index in [-0.39, 0.29) is 55.3 Å². The molecule has 0 aliphatic carbocycles. The fourth-order valence-electron chi connectivity index (χ4n) is 0.377. The molecule has 9 heavy (non-hydrogen) atoms. The Hall–Kier alpha value is 1.84. The van der Waals surface area contributed by atoms with Crippen LogP contribution in [0.3, 0.4) is 0 Å². The van der Waals surface area contributed by atoms with Crippen molar-refractivity contribution >= 4 is 79.9 Å². The van der Waals surface area contributed by atoms with Gasteiger partial charge in [0.1, 0.15) is 3.92 Å². The fraction of sp³-hybridized carbons (Fsp3) is 0.800. The van der Waals surface area contributed by atoms with Crippen molar-refractivity contribution in [2.75, 3.05) is 0 Å². The van der Waals surface area contributed by atoms with Gasteiger partial charge in [-0.1, -0.05) is 35.9 Å². The molecule has 0 aromatic heterocycles. The average molecular weight is 268 g/mol. The summed E-state index contributed by atoms with van der Waals surface area (Å²) in [5.41, 5.74) is 0. The van der Waals surface area contributed by atoms with E-state index in [1.54, 1.807) is 0 Å². The van der Waals surface area contributed by atoms with Gasteiger partial charge in [-0.25, -0.2) is 0 Å². The van der Waals surface area contributed by atoms with Gasteiger partial charge in [-0.2, -0.15) is 0 Å². The number of aliphatic carboxylic acids is 1. The second-order valence-electron chi connectivity index (χ2n) is 1.59. The molecule has 0 bridgehead atoms. The Morgan fingerprint density at radius 1 is 1.78 bits per heavy atom. The second kappa shape index (κ2) is 7.94. The number of carboxylic acids is 1. The van der Waals surface area contributed by atoms with E-state index in [1.165, 1.54) is 0 Å². The van der Waals surface area contributed by atoms with E-state index >= 15 is 0 Å². The van der Waals surface area contributed by atoms with Gasteiger partial charge in [0.15, 0.2) is 0 Å². The van der Waals surface area contributed by atoms with Crippen molar-refractivity contribution in [2.24, 2.45) is 0 Å². The molecule has 0 heterocycles. The molecule has 50 valence electrons. The third kappa shape index (κ3) is 7.74. The number of alkyl halides is 1. The standard InChI is InChI=1S/C5H9IO2.K.H/c1-2-3-4(6)5(7)8;;/h4H,2-3H2,1H3,(H,7,8);;. The van der Waals surface area contributed by atoms with Crippen molar-refractivity contribution in [3.05, 3.63) is 0 Å². The number of carboxylic acid groups (broad SMARTS) is 1. The first-order valence-corrected chi connectivity index (χ1v) is 3.80. The molecule has 1 unspecified atom stereocenters. The molecule has 0 aromatic rings. The summed E-state index contributed by atoms with van der Waals surface area (Å²) in [4.78, 5) is 10.1. The Labute approximate surface area is 111 Å². The molecule has 0 radical (unpaired) electrons. The monoisotopic (exact) mass is 268 g/mol. The van der Waals surface area contributed by atoms with Crippen molar-refractivity contribution in [1.29, 1.82) is 0 Å². The average Bonchev–Trinajstić information content (AvgIpc) is 1.67. The predicted octanol–water partition coefficient (Wildman–Crippen LogP) is 1.03. The molecule has 0 rings (SSSR count). The summed E-state index contributed by atoms with van der Waals surface area (Å²) < 4.78 is -0.197. The number of hydrogen-bond acceptors (Lipinski definition) is 1. The molecule has 4 heteroatoms. The fourth-order valence-corrected chi connectivity index (χ4v) is 1.000. The molecule has 1 N–H and O–H groups in total. The summed E-state index contributed by atoms with van der Waals surface area (Å²) in [6, 6.07) is 0. The first-order chi connectivity index (χ1) is 3.68. The normalized spacial score (nSPS) is 11.8. The molecule has 0 aliphatic heterocycles. The van der Waals surface area contributed by atoms with Crippen LogP contribution in [0.4, 0.5) is 0 Å². The zero-order valence-corrected chi connectivity index (χ0v) is 6.88. The third-order valence-electron chi connectivity index (χ3n) is 0.810. The van der Waals surface area contributed by atoms with Crippen LogP contribution in [-0.4, -0.2) is 66.4 Å². The maximum absolute atomic E-state index is 10.1. The minimum absolute atomic E-state index is 0. The summed E-state index contributed by atoms with van der Waals surface area (Å²) in [6.07, 6.45) is 1.72. The van der Waals surface area contributed by atoms with Gasteiger partial charge in [-0.3, -0.25) is 4.79 Å². The van der Waals surface area contributed by atoms with E-state index in [1.807, 2.05) is 29.5 Å². The Morgan fingerprint density at radius 3 is 2.33 bits per heavy atom. The summed E-state index contributed by atoms with van der Waals surface area (Å²) in [7, 11) is 0. The van der Waals surface area contributed by atoms with Gasteiger partial charge >= 0.3 is 57.4 Å². The summed E-state index contributed by atoms with van der Waals surface area (Å²) in [6.45, 7) is 1.98. The van der Waals surface area contributed by atoms with E-state index in [0.29, 0.717) is 0 Å². The number of rotatable bonds is 3. The molecule has 0 aromatic carbocycles. The molecule has 1 atom stereocenters. The zero-order chi connectivity index (χ0) is 6.57. The van der Waals surface area contributed by atoms with E-state index in [4.69, 9.17) is 5.11 Å². The molecular weight excluding hydrogens is 258 g/mol. The second-order valence-corrected chi connectivity index (χ2v) is 3.10. The van der Waals surface area contributed by atoms with Gasteiger partial charge < -0.3 is 5.11 Å². The predicted molar refractivity (Wildman–Crippen MR) is 47.5 cm³/mol. The third-order valence-corrected chi connectivity index (χ3v) is 1.97. The van der Waals surface area contributed by atoms with Crippen LogP contribution in [0.2, 0.25) is 0 Å². The Kier molecular flexibility index (Phi) is 11.8. The van der Waals surface area contributed by atoms with E-state index < -0.39 is 5.97 Å². The van der Waals surface area contributed by atoms with Crippen LogP contribution in [-0.2, 0) is 4.79 Å². The van der Waals surface area contributed by atoms with Crippen LogP contribution in [0, 0.1) is 0 Å². The van der Waals surface area contributed by atoms with Gasteiger partial charge in [0.05, 0.1) is 0 Å². The van der Waals surface area contributed by atoms with Crippen LogP contribution >= 0.6 is 22.6 Å². The topological polar surface area (TPSA) is 37.3 Å². The Bertz CT molecular complexity index is 87.0. The van der Waals surface area contributed by atoms with Crippen LogP contribution in [0.1, 0.15) is 19.8 Å². The number of carbonyl (C=O) groups is 1. The van der Waals surface area contributed by atoms with Crippen molar-refractivity contribution in [1.82, 2.24) is 0 Å². The van der Waals surface area contributed by atoms with Crippen LogP contribution in [0.5, 0.6) is 0 Å². The zero-order valence-electron chi connectivity index (χ0n) is 4.72. The van der Waals surface area contributed by atoms with E-state index in [0.717, 1.165) is 12.8 Å². The molecule has 0 fully saturated rings. The first-order valence-electron chi connectivity index (χ1n) is 2.55. The number of hydrogen-bond donors (Lipinski definition) is 1. The van der Waals surface area contributed by atoms with Gasteiger partial charge in [0.25, 0.3) is 0 Å². The van der Waals surface area contributed by atoms with Crippen LogP contribution in [0.15, 0.2) is 0 Å². The quantitative estimate of drug-likeness (QED) is 0.471. The van der Waals surface area contributed by atoms with Crippen LogP contribution in [0.25, 0.3) is 0 Å². The minimum atomic E-state index is -0.701. The first kappa shape index (κ1) is 13.4. The molecular formula is C5H10IKO2. The van der Waals surface area contributed by atoms with Gasteiger partial charge in [0.2, 0.25) is 0 Å². The van der Waals surface area contributed by atoms with E-state index in [2.05, 4.69) is 0 Å². The Balaban J connectivity index is 0. The summed E-state index contributed by atoms with van der Waals surface area (Å²) in [5.74, 6) is -0.701. The van der Waals surface area contributed by atoms with Crippen molar-refractivity contribution in [3.63, 3.8) is 0 Å². The van der Waals surface area contributed by atoms with Crippen molar-refractivity contribution in [3.8, 4) is 0 Å². The van der Waals surface area contributed by atoms with Crippen LogP contribution < -0.4 is 0 Å². The van der Waals surface area contributed by atoms with Crippen molar-refractivity contribution in [2.45, 2.75) is 23.7 Å². The maximum atomic E-state index is 10.1. The molecule has 0 spiro atoms. The molecule has 2 nitrogen and oxygen atoms in total. The van der Waals surface area contributed by atoms with Gasteiger partial charge in [0, 0.05) is 0 Å². The van der Waals surface area contributed by atoms with Gasteiger partial charge in [-0.05, 0) is 6.42 Å². The summed E-state index contributed by atoms with van der Waals surface area (Å²) >= 11 is 1.93. The van der Waals surface area contributed by atoms with Gasteiger partial charge in [-0.15, -0.1) is 0 Å². The Morgan fingerprint density at radius 2 is 2.22 bits per heavy atom. The number of halogens is 1. The van der Waals surface area contributed by atoms with E-state index in [9.17, 15) is 4.79 Å². The van der Waals surface area contributed by atoms with Crippen molar-refractivity contribution < 1.29 is 9.90 Å². The SMILES string of the molecule is CCCC(I)C(=O)O.[KH]. The molecule has 0 saturated carbocycles.